The Morgan fingerprint density at radius 3 is 2.18 bits per heavy atom. The van der Waals surface area contributed by atoms with Gasteiger partial charge in [0.25, 0.3) is 0 Å². The van der Waals surface area contributed by atoms with Gasteiger partial charge in [0.15, 0.2) is 0 Å². The van der Waals surface area contributed by atoms with Crippen molar-refractivity contribution in [2.75, 3.05) is 0 Å². The summed E-state index contributed by atoms with van der Waals surface area (Å²) in [7, 11) is 0. The van der Waals surface area contributed by atoms with Crippen LogP contribution in [-0.4, -0.2) is 22.1 Å². The summed E-state index contributed by atoms with van der Waals surface area (Å²) in [5, 5.41) is 0. The van der Waals surface area contributed by atoms with Gasteiger partial charge in [-0.15, -0.1) is 0 Å². The zero-order valence-electron chi connectivity index (χ0n) is 9.28. The number of aryl methyl sites for hydroxylation is 2. The van der Waals surface area contributed by atoms with Crippen molar-refractivity contribution in [2.45, 2.75) is 38.8 Å². The number of nitrogens with zero attached hydrogens (tertiary/aromatic N) is 2. The minimum Gasteiger partial charge on any atom is -0.241 e. The number of rotatable bonds is 3. The molecule has 1 aromatic heterocycles. The number of hydrogen-bond acceptors (Lipinski definition) is 2. The van der Waals surface area contributed by atoms with Gasteiger partial charge in [-0.3, -0.25) is 0 Å². The molecule has 0 spiro atoms. The van der Waals surface area contributed by atoms with E-state index in [1.165, 1.54) is 0 Å². The van der Waals surface area contributed by atoms with E-state index in [1.54, 1.807) is 13.8 Å². The molecule has 0 N–H and O–H groups in total. The topological polar surface area (TPSA) is 25.8 Å². The SMILES string of the molecule is Cc1ncnc(CCC(F)(F)C(F)(F)F)c1C. The van der Waals surface area contributed by atoms with Crippen molar-refractivity contribution in [3.63, 3.8) is 0 Å². The van der Waals surface area contributed by atoms with Gasteiger partial charge in [-0.25, -0.2) is 9.97 Å². The molecule has 2 nitrogen and oxygen atoms in total. The second-order valence-corrected chi connectivity index (χ2v) is 3.73. The van der Waals surface area contributed by atoms with Crippen LogP contribution in [0, 0.1) is 13.8 Å². The highest BCUT2D eigenvalue weighted by molar-refractivity contribution is 5.21. The first-order chi connectivity index (χ1) is 7.65. The monoisotopic (exact) mass is 254 g/mol. The third-order valence-corrected chi connectivity index (χ3v) is 2.53. The van der Waals surface area contributed by atoms with Crippen molar-refractivity contribution in [2.24, 2.45) is 0 Å². The number of alkyl halides is 5. The van der Waals surface area contributed by atoms with Crippen LogP contribution in [0.15, 0.2) is 6.33 Å². The minimum absolute atomic E-state index is 0.224. The maximum absolute atomic E-state index is 12.7. The molecule has 1 aromatic rings. The molecular formula is C10H11F5N2. The van der Waals surface area contributed by atoms with Gasteiger partial charge in [0.05, 0.1) is 0 Å². The fraction of sp³-hybridized carbons (Fsp3) is 0.600. The molecular weight excluding hydrogens is 243 g/mol. The maximum Gasteiger partial charge on any atom is 0.453 e. The molecule has 1 rings (SSSR count). The molecule has 96 valence electrons. The summed E-state index contributed by atoms with van der Waals surface area (Å²) in [6.07, 6.45) is -6.08. The molecule has 0 aliphatic rings. The van der Waals surface area contributed by atoms with E-state index < -0.39 is 24.9 Å². The first-order valence-corrected chi connectivity index (χ1v) is 4.87. The van der Waals surface area contributed by atoms with E-state index in [4.69, 9.17) is 0 Å². The van der Waals surface area contributed by atoms with Crippen LogP contribution in [0.5, 0.6) is 0 Å². The predicted octanol–water partition coefficient (Wildman–Crippen LogP) is 3.22. The third kappa shape index (κ3) is 3.10. The van der Waals surface area contributed by atoms with Crippen molar-refractivity contribution in [1.82, 2.24) is 9.97 Å². The van der Waals surface area contributed by atoms with E-state index >= 15 is 0 Å². The lowest BCUT2D eigenvalue weighted by atomic mass is 10.1. The van der Waals surface area contributed by atoms with Gasteiger partial charge in [-0.05, 0) is 25.8 Å². The lowest BCUT2D eigenvalue weighted by molar-refractivity contribution is -0.284. The Kier molecular flexibility index (Phi) is 3.68. The van der Waals surface area contributed by atoms with E-state index in [9.17, 15) is 22.0 Å². The summed E-state index contributed by atoms with van der Waals surface area (Å²) in [4.78, 5) is 7.52. The van der Waals surface area contributed by atoms with Gasteiger partial charge in [0, 0.05) is 17.8 Å². The lowest BCUT2D eigenvalue weighted by Crippen LogP contribution is -2.36. The Hall–Kier alpha value is -1.27. The molecule has 0 aliphatic carbocycles. The average molecular weight is 254 g/mol. The van der Waals surface area contributed by atoms with Crippen molar-refractivity contribution in [3.8, 4) is 0 Å². The lowest BCUT2D eigenvalue weighted by Gasteiger charge is -2.19. The van der Waals surface area contributed by atoms with Crippen LogP contribution >= 0.6 is 0 Å². The van der Waals surface area contributed by atoms with Crippen LogP contribution in [-0.2, 0) is 6.42 Å². The second-order valence-electron chi connectivity index (χ2n) is 3.73. The van der Waals surface area contributed by atoms with E-state index in [2.05, 4.69) is 9.97 Å². The molecule has 0 bridgehead atoms. The Bertz CT molecular complexity index is 400. The second kappa shape index (κ2) is 4.54. The first-order valence-electron chi connectivity index (χ1n) is 4.87. The quantitative estimate of drug-likeness (QED) is 0.774. The van der Waals surface area contributed by atoms with Crippen LogP contribution in [0.4, 0.5) is 22.0 Å². The van der Waals surface area contributed by atoms with E-state index in [0.717, 1.165) is 6.33 Å². The summed E-state index contributed by atoms with van der Waals surface area (Å²) in [5.41, 5.74) is 1.34. The van der Waals surface area contributed by atoms with Crippen LogP contribution in [0.3, 0.4) is 0 Å². The molecule has 0 aliphatic heterocycles. The van der Waals surface area contributed by atoms with E-state index in [0.29, 0.717) is 11.3 Å². The van der Waals surface area contributed by atoms with Crippen LogP contribution in [0.2, 0.25) is 0 Å². The first kappa shape index (κ1) is 13.8. The molecule has 7 heteroatoms. The number of hydrogen-bond donors (Lipinski definition) is 0. The molecule has 1 heterocycles. The smallest absolute Gasteiger partial charge is 0.241 e. The summed E-state index contributed by atoms with van der Waals surface area (Å²) in [5.74, 6) is -4.68. The van der Waals surface area contributed by atoms with Gasteiger partial charge >= 0.3 is 12.1 Å². The molecule has 0 aromatic carbocycles. The summed E-state index contributed by atoms with van der Waals surface area (Å²) in [6, 6.07) is 0. The minimum atomic E-state index is -5.51. The number of aromatic nitrogens is 2. The summed E-state index contributed by atoms with van der Waals surface area (Å²) >= 11 is 0. The summed E-state index contributed by atoms with van der Waals surface area (Å²) < 4.78 is 61.2. The fourth-order valence-corrected chi connectivity index (χ4v) is 1.26. The van der Waals surface area contributed by atoms with Crippen LogP contribution in [0.1, 0.15) is 23.4 Å². The zero-order chi connectivity index (χ0) is 13.3. The van der Waals surface area contributed by atoms with E-state index in [1.807, 2.05) is 0 Å². The van der Waals surface area contributed by atoms with Crippen molar-refractivity contribution >= 4 is 0 Å². The van der Waals surface area contributed by atoms with Gasteiger partial charge in [-0.2, -0.15) is 22.0 Å². The van der Waals surface area contributed by atoms with Crippen molar-refractivity contribution < 1.29 is 22.0 Å². The van der Waals surface area contributed by atoms with E-state index in [-0.39, 0.29) is 5.69 Å². The highest BCUT2D eigenvalue weighted by Crippen LogP contribution is 2.38. The Labute approximate surface area is 94.9 Å². The normalized spacial score (nSPS) is 12.9. The average Bonchev–Trinajstić information content (AvgIpc) is 2.18. The summed E-state index contributed by atoms with van der Waals surface area (Å²) in [6.45, 7) is 3.23. The molecule has 0 saturated heterocycles. The molecule has 17 heavy (non-hydrogen) atoms. The van der Waals surface area contributed by atoms with Crippen molar-refractivity contribution in [3.05, 3.63) is 23.3 Å². The molecule has 0 fully saturated rings. The highest BCUT2D eigenvalue weighted by Gasteiger charge is 2.56. The highest BCUT2D eigenvalue weighted by atomic mass is 19.4. The van der Waals surface area contributed by atoms with Crippen molar-refractivity contribution in [1.29, 1.82) is 0 Å². The Morgan fingerprint density at radius 2 is 1.65 bits per heavy atom. The Balaban J connectivity index is 2.78. The maximum atomic E-state index is 12.7. The molecule has 0 atom stereocenters. The van der Waals surface area contributed by atoms with Crippen LogP contribution in [0.25, 0.3) is 0 Å². The Morgan fingerprint density at radius 1 is 1.06 bits per heavy atom. The molecule has 0 radical (unpaired) electrons. The predicted molar refractivity (Wildman–Crippen MR) is 50.8 cm³/mol. The van der Waals surface area contributed by atoms with Gasteiger partial charge in [0.2, 0.25) is 0 Å². The zero-order valence-corrected chi connectivity index (χ0v) is 9.28. The van der Waals surface area contributed by atoms with Gasteiger partial charge in [-0.1, -0.05) is 0 Å². The largest absolute Gasteiger partial charge is 0.453 e. The van der Waals surface area contributed by atoms with Crippen LogP contribution < -0.4 is 0 Å². The molecule has 0 unspecified atom stereocenters. The molecule has 0 amide bonds. The van der Waals surface area contributed by atoms with Gasteiger partial charge < -0.3 is 0 Å². The molecule has 0 saturated carbocycles. The fourth-order valence-electron chi connectivity index (χ4n) is 1.26. The standard InChI is InChI=1S/C10H11F5N2/c1-6-7(2)16-5-17-8(6)3-4-9(11,12)10(13,14)15/h5H,3-4H2,1-2H3. The third-order valence-electron chi connectivity index (χ3n) is 2.53. The number of halogens is 5. The van der Waals surface area contributed by atoms with Gasteiger partial charge in [0.1, 0.15) is 6.33 Å².